The average Bonchev–Trinajstić information content (AvgIpc) is 2.06. The highest BCUT2D eigenvalue weighted by Crippen LogP contribution is 1.87. The second kappa shape index (κ2) is 8.65. The van der Waals surface area contributed by atoms with Crippen molar-refractivity contribution in [2.45, 2.75) is 19.8 Å². The lowest BCUT2D eigenvalue weighted by Gasteiger charge is -1.99. The molecule has 0 aromatic rings. The van der Waals surface area contributed by atoms with Crippen molar-refractivity contribution in [3.05, 3.63) is 0 Å². The van der Waals surface area contributed by atoms with Crippen molar-refractivity contribution in [1.82, 2.24) is 5.32 Å². The van der Waals surface area contributed by atoms with Gasteiger partial charge in [0.1, 0.15) is 0 Å². The van der Waals surface area contributed by atoms with Crippen LogP contribution in [0.2, 0.25) is 0 Å². The summed E-state index contributed by atoms with van der Waals surface area (Å²) in [6.45, 7) is 2.51. The SMILES string of the molecule is CCCCOC(=O)NC#CCI. The fourth-order valence-corrected chi connectivity index (χ4v) is 0.665. The summed E-state index contributed by atoms with van der Waals surface area (Å²) >= 11 is 2.10. The lowest BCUT2D eigenvalue weighted by Crippen LogP contribution is -2.19. The minimum absolute atomic E-state index is 0.458. The molecule has 0 radical (unpaired) electrons. The van der Waals surface area contributed by atoms with Crippen molar-refractivity contribution in [1.29, 1.82) is 0 Å². The first-order valence-corrected chi connectivity index (χ1v) is 5.30. The van der Waals surface area contributed by atoms with E-state index in [9.17, 15) is 4.79 Å². The lowest BCUT2D eigenvalue weighted by molar-refractivity contribution is 0.149. The number of amides is 1. The van der Waals surface area contributed by atoms with Gasteiger partial charge < -0.3 is 4.74 Å². The first-order chi connectivity index (χ1) is 5.81. The summed E-state index contributed by atoms with van der Waals surface area (Å²) < 4.78 is 5.48. The van der Waals surface area contributed by atoms with Crippen LogP contribution in [0.1, 0.15) is 19.8 Å². The molecule has 0 saturated carbocycles. The molecule has 0 unspecified atom stereocenters. The zero-order valence-corrected chi connectivity index (χ0v) is 9.18. The van der Waals surface area contributed by atoms with Gasteiger partial charge >= 0.3 is 6.09 Å². The number of carbonyl (C=O) groups excluding carboxylic acids is 1. The van der Waals surface area contributed by atoms with E-state index in [1.165, 1.54) is 0 Å². The second-order valence-corrected chi connectivity index (χ2v) is 2.81. The molecule has 0 aliphatic carbocycles. The number of alkyl carbamates (subject to hydrolysis) is 1. The zero-order valence-electron chi connectivity index (χ0n) is 7.02. The monoisotopic (exact) mass is 281 g/mol. The van der Waals surface area contributed by atoms with Gasteiger partial charge in [-0.1, -0.05) is 41.9 Å². The molecule has 0 aliphatic heterocycles. The highest BCUT2D eigenvalue weighted by molar-refractivity contribution is 14.1. The Labute approximate surface area is 86.4 Å². The fourth-order valence-electron chi connectivity index (χ4n) is 0.474. The van der Waals surface area contributed by atoms with Crippen LogP contribution in [-0.2, 0) is 4.74 Å². The highest BCUT2D eigenvalue weighted by atomic mass is 127. The number of carbonyl (C=O) groups is 1. The number of alkyl halides is 1. The summed E-state index contributed by atoms with van der Waals surface area (Å²) in [4.78, 5) is 10.8. The van der Waals surface area contributed by atoms with E-state index in [1.54, 1.807) is 0 Å². The number of hydrogen-bond donors (Lipinski definition) is 1. The first-order valence-electron chi connectivity index (χ1n) is 3.77. The van der Waals surface area contributed by atoms with E-state index in [4.69, 9.17) is 4.74 Å². The highest BCUT2D eigenvalue weighted by Gasteiger charge is 1.95. The van der Waals surface area contributed by atoms with Gasteiger partial charge in [0.2, 0.25) is 0 Å². The summed E-state index contributed by atoms with van der Waals surface area (Å²) in [5.41, 5.74) is 0. The molecule has 0 saturated heterocycles. The Morgan fingerprint density at radius 2 is 2.42 bits per heavy atom. The molecule has 4 heteroatoms. The molecular weight excluding hydrogens is 269 g/mol. The number of ether oxygens (including phenoxy) is 1. The van der Waals surface area contributed by atoms with Crippen molar-refractivity contribution in [2.75, 3.05) is 11.0 Å². The van der Waals surface area contributed by atoms with Crippen LogP contribution in [0, 0.1) is 12.0 Å². The van der Waals surface area contributed by atoms with Crippen molar-refractivity contribution >= 4 is 28.7 Å². The molecule has 0 aromatic carbocycles. The molecule has 1 N–H and O–H groups in total. The number of nitrogens with one attached hydrogen (secondary N) is 1. The molecule has 0 fully saturated rings. The molecule has 0 aliphatic rings. The predicted octanol–water partition coefficient (Wildman–Crippen LogP) is 1.91. The Morgan fingerprint density at radius 3 is 3.00 bits per heavy atom. The smallest absolute Gasteiger partial charge is 0.418 e. The molecule has 0 atom stereocenters. The maximum atomic E-state index is 10.8. The molecule has 1 amide bonds. The van der Waals surface area contributed by atoms with Crippen LogP contribution in [0.4, 0.5) is 4.79 Å². The van der Waals surface area contributed by atoms with Gasteiger partial charge in [-0.25, -0.2) is 10.1 Å². The van der Waals surface area contributed by atoms with Crippen LogP contribution < -0.4 is 5.32 Å². The van der Waals surface area contributed by atoms with E-state index in [0.717, 1.165) is 12.8 Å². The van der Waals surface area contributed by atoms with Gasteiger partial charge in [-0.3, -0.25) is 0 Å². The van der Waals surface area contributed by atoms with Crippen LogP contribution in [0.5, 0.6) is 0 Å². The van der Waals surface area contributed by atoms with Crippen LogP contribution in [-0.4, -0.2) is 17.1 Å². The maximum absolute atomic E-state index is 10.8. The summed E-state index contributed by atoms with van der Waals surface area (Å²) in [5.74, 6) is 2.69. The van der Waals surface area contributed by atoms with Gasteiger partial charge in [-0.05, 0) is 6.42 Å². The lowest BCUT2D eigenvalue weighted by atomic mass is 10.4. The molecule has 3 nitrogen and oxygen atoms in total. The van der Waals surface area contributed by atoms with Crippen molar-refractivity contribution in [2.24, 2.45) is 0 Å². The largest absolute Gasteiger partial charge is 0.449 e. The van der Waals surface area contributed by atoms with Gasteiger partial charge in [-0.15, -0.1) is 0 Å². The van der Waals surface area contributed by atoms with Crippen molar-refractivity contribution < 1.29 is 9.53 Å². The summed E-state index contributed by atoms with van der Waals surface area (Å²) in [5, 5.41) is 2.32. The van der Waals surface area contributed by atoms with E-state index < -0.39 is 6.09 Å². The molecule has 0 bridgehead atoms. The Kier molecular flexibility index (Phi) is 8.34. The molecule has 0 rings (SSSR count). The summed E-state index contributed by atoms with van der Waals surface area (Å²) in [7, 11) is 0. The zero-order chi connectivity index (χ0) is 9.23. The Bertz CT molecular complexity index is 183. The topological polar surface area (TPSA) is 38.3 Å². The normalized spacial score (nSPS) is 8.17. The number of rotatable bonds is 3. The van der Waals surface area contributed by atoms with E-state index in [0.29, 0.717) is 11.0 Å². The van der Waals surface area contributed by atoms with Gasteiger partial charge in [0.05, 0.1) is 11.0 Å². The maximum Gasteiger partial charge on any atom is 0.418 e. The van der Waals surface area contributed by atoms with Crippen molar-refractivity contribution in [3.8, 4) is 12.0 Å². The van der Waals surface area contributed by atoms with E-state index in [-0.39, 0.29) is 0 Å². The summed E-state index contributed by atoms with van der Waals surface area (Å²) in [6.07, 6.45) is 1.46. The number of halogens is 1. The van der Waals surface area contributed by atoms with Crippen LogP contribution in [0.25, 0.3) is 0 Å². The second-order valence-electron chi connectivity index (χ2n) is 2.05. The number of unbranched alkanes of at least 4 members (excludes halogenated alkanes) is 1. The standard InChI is InChI=1S/C8H12INO2/c1-2-3-7-12-8(11)10-6-4-5-9/h2-3,5,7H2,1H3,(H,10,11). The summed E-state index contributed by atoms with van der Waals surface area (Å²) in [6, 6.07) is 2.48. The Morgan fingerprint density at radius 1 is 1.67 bits per heavy atom. The minimum atomic E-state index is -0.458. The van der Waals surface area contributed by atoms with Crippen LogP contribution >= 0.6 is 22.6 Å². The Hall–Kier alpha value is -0.440. The van der Waals surface area contributed by atoms with Crippen molar-refractivity contribution in [3.63, 3.8) is 0 Å². The van der Waals surface area contributed by atoms with Gasteiger partial charge in [0.25, 0.3) is 0 Å². The fraction of sp³-hybridized carbons (Fsp3) is 0.625. The molecular formula is C8H12INO2. The Balaban J connectivity index is 3.34. The third-order valence-electron chi connectivity index (χ3n) is 1.05. The van der Waals surface area contributed by atoms with E-state index >= 15 is 0 Å². The first kappa shape index (κ1) is 11.6. The quantitative estimate of drug-likeness (QED) is 0.282. The van der Waals surface area contributed by atoms with Gasteiger partial charge in [-0.2, -0.15) is 0 Å². The van der Waals surface area contributed by atoms with Crippen LogP contribution in [0.15, 0.2) is 0 Å². The van der Waals surface area contributed by atoms with Crippen LogP contribution in [0.3, 0.4) is 0 Å². The van der Waals surface area contributed by atoms with Gasteiger partial charge in [0, 0.05) is 6.04 Å². The predicted molar refractivity (Wildman–Crippen MR) is 56.1 cm³/mol. The molecule has 0 heterocycles. The minimum Gasteiger partial charge on any atom is -0.449 e. The molecule has 68 valence electrons. The average molecular weight is 281 g/mol. The molecule has 0 aromatic heterocycles. The van der Waals surface area contributed by atoms with E-state index in [2.05, 4.69) is 39.9 Å². The number of hydrogen-bond acceptors (Lipinski definition) is 2. The molecule has 0 spiro atoms. The van der Waals surface area contributed by atoms with Gasteiger partial charge in [0.15, 0.2) is 0 Å². The third kappa shape index (κ3) is 7.66. The molecule has 12 heavy (non-hydrogen) atoms. The third-order valence-corrected chi connectivity index (χ3v) is 1.43. The van der Waals surface area contributed by atoms with E-state index in [1.807, 2.05) is 6.92 Å².